The van der Waals surface area contributed by atoms with Crippen molar-refractivity contribution in [2.75, 3.05) is 11.6 Å². The molecule has 225 valence electrons. The number of nitrogens with zero attached hydrogens (tertiary/aromatic N) is 3. The van der Waals surface area contributed by atoms with Crippen LogP contribution in [0.15, 0.2) is 48.5 Å². The number of nitroso groups, excluding NO2 is 1. The molecule has 2 heterocycles. The van der Waals surface area contributed by atoms with E-state index in [2.05, 4.69) is 15.9 Å². The molecule has 1 fully saturated rings. The summed E-state index contributed by atoms with van der Waals surface area (Å²) in [5.74, 6) is -3.29. The smallest absolute Gasteiger partial charge is 0.344 e. The van der Waals surface area contributed by atoms with Crippen LogP contribution in [0.4, 0.5) is 5.69 Å². The van der Waals surface area contributed by atoms with Crippen molar-refractivity contribution in [3.05, 3.63) is 70.1 Å². The molecule has 4 N–H and O–H groups in total. The van der Waals surface area contributed by atoms with Crippen LogP contribution in [0, 0.1) is 4.91 Å². The molecule has 4 amide bonds. The van der Waals surface area contributed by atoms with Gasteiger partial charge >= 0.3 is 5.29 Å². The molecule has 0 bridgehead atoms. The van der Waals surface area contributed by atoms with Gasteiger partial charge in [0.25, 0.3) is 5.91 Å². The van der Waals surface area contributed by atoms with E-state index in [4.69, 9.17) is 5.73 Å². The van der Waals surface area contributed by atoms with Crippen LogP contribution >= 0.6 is 0 Å². The first-order valence-corrected chi connectivity index (χ1v) is 14.1. The molecule has 13 nitrogen and oxygen atoms in total. The molecule has 4 atom stereocenters. The van der Waals surface area contributed by atoms with E-state index in [1.165, 1.54) is 36.9 Å². The molecule has 2 aromatic carbocycles. The van der Waals surface area contributed by atoms with Crippen LogP contribution in [0.1, 0.15) is 65.8 Å². The lowest BCUT2D eigenvalue weighted by atomic mass is 9.91. The average molecular weight is 591 g/mol. The highest BCUT2D eigenvalue weighted by atomic mass is 16.3. The van der Waals surface area contributed by atoms with E-state index in [-0.39, 0.29) is 42.6 Å². The van der Waals surface area contributed by atoms with Crippen LogP contribution < -0.4 is 26.7 Å². The Morgan fingerprint density at radius 2 is 1.72 bits per heavy atom. The molecule has 1 radical (unpaired) electrons. The lowest BCUT2D eigenvalue weighted by molar-refractivity contribution is -0.141. The third-order valence-electron chi connectivity index (χ3n) is 7.60. The van der Waals surface area contributed by atoms with Gasteiger partial charge in [0.2, 0.25) is 17.7 Å². The summed E-state index contributed by atoms with van der Waals surface area (Å²) in [4.78, 5) is 91.4. The summed E-state index contributed by atoms with van der Waals surface area (Å²) in [6.45, 7) is 3.29. The first-order valence-electron chi connectivity index (χ1n) is 14.1. The van der Waals surface area contributed by atoms with Gasteiger partial charge in [-0.15, -0.1) is 0 Å². The lowest BCUT2D eigenvalue weighted by Crippen LogP contribution is -2.56. The zero-order valence-electron chi connectivity index (χ0n) is 23.9. The van der Waals surface area contributed by atoms with Gasteiger partial charge in [-0.05, 0) is 38.3 Å². The molecule has 0 spiro atoms. The molecule has 0 aromatic heterocycles. The normalized spacial score (nSPS) is 18.6. The number of hydrogen-bond acceptors (Lipinski definition) is 9. The molecule has 2 aliphatic heterocycles. The molecule has 0 unspecified atom stereocenters. The standard InChI is InChI=1S/C30H34N6O7/c1-17(31)28(40)32-18(2)30(42)35-15-7-12-23(35)29(41)33-21(16-19-8-4-3-5-9-19)27(39)20-10-6-11-22-26(20)24(37)13-14-25(38)36(22)34-43/h3-6,8-11,17-18,21,23H,7,12-16,31H2,1-2H3,(H,32,40)(H,33,41)/q+1/t17-,18-,21-,23-/m0/s1. The number of likely N-dealkylation sites (tertiary alicyclic amines) is 1. The molecule has 43 heavy (non-hydrogen) atoms. The minimum atomic E-state index is -1.15. The Morgan fingerprint density at radius 3 is 2.40 bits per heavy atom. The van der Waals surface area contributed by atoms with E-state index in [9.17, 15) is 33.7 Å². The second-order valence-corrected chi connectivity index (χ2v) is 10.7. The van der Waals surface area contributed by atoms with Crippen molar-refractivity contribution >= 4 is 40.9 Å². The fraction of sp³-hybridized carbons (Fsp3) is 0.400. The van der Waals surface area contributed by atoms with E-state index in [1.807, 2.05) is 0 Å². The van der Waals surface area contributed by atoms with Crippen LogP contribution in [-0.2, 0) is 25.6 Å². The number of nitrogens with one attached hydrogen (secondary N) is 2. The highest BCUT2D eigenvalue weighted by molar-refractivity contribution is 6.17. The van der Waals surface area contributed by atoms with Crippen molar-refractivity contribution in [1.29, 1.82) is 0 Å². The predicted molar refractivity (Wildman–Crippen MR) is 155 cm³/mol. The molecule has 0 aliphatic carbocycles. The summed E-state index contributed by atoms with van der Waals surface area (Å²) in [5, 5.41) is 8.69. The maximum atomic E-state index is 14.1. The monoisotopic (exact) mass is 590 g/mol. The lowest BCUT2D eigenvalue weighted by Gasteiger charge is -2.29. The SMILES string of the molecule is C[C@H](N)C(=O)N[C@@H](C)C(=O)N1CCC[C@H]1C(=O)N[C@@H](Cc1ccccc1)C(=O)c1cccc2c1C(=O)CCC(=O)N2[N+]=O. The van der Waals surface area contributed by atoms with E-state index in [0.29, 0.717) is 17.9 Å². The van der Waals surface area contributed by atoms with Crippen LogP contribution in [0.5, 0.6) is 0 Å². The summed E-state index contributed by atoms with van der Waals surface area (Å²) < 4.78 is 0. The van der Waals surface area contributed by atoms with E-state index < -0.39 is 59.4 Å². The van der Waals surface area contributed by atoms with Crippen molar-refractivity contribution in [1.82, 2.24) is 20.8 Å². The molecule has 13 heteroatoms. The minimum absolute atomic E-state index is 0.0568. The van der Waals surface area contributed by atoms with Crippen LogP contribution in [-0.4, -0.2) is 70.8 Å². The van der Waals surface area contributed by atoms with Gasteiger partial charge in [-0.2, -0.15) is 0 Å². The fourth-order valence-electron chi connectivity index (χ4n) is 5.36. The third-order valence-corrected chi connectivity index (χ3v) is 7.60. The van der Waals surface area contributed by atoms with Gasteiger partial charge in [0.15, 0.2) is 11.6 Å². The van der Waals surface area contributed by atoms with Gasteiger partial charge in [0.05, 0.1) is 17.6 Å². The number of carbonyl (C=O) groups is 6. The van der Waals surface area contributed by atoms with Crippen LogP contribution in [0.3, 0.4) is 0 Å². The average Bonchev–Trinajstić information content (AvgIpc) is 3.45. The van der Waals surface area contributed by atoms with Crippen molar-refractivity contribution < 1.29 is 28.8 Å². The first-order chi connectivity index (χ1) is 20.5. The van der Waals surface area contributed by atoms with Gasteiger partial charge in [-0.1, -0.05) is 42.5 Å². The number of hydrogen-bond donors (Lipinski definition) is 3. The van der Waals surface area contributed by atoms with Crippen LogP contribution in [0.2, 0.25) is 0 Å². The van der Waals surface area contributed by atoms with Crippen molar-refractivity contribution in [3.8, 4) is 0 Å². The van der Waals surface area contributed by atoms with Gasteiger partial charge < -0.3 is 21.3 Å². The minimum Gasteiger partial charge on any atom is -0.344 e. The number of carbonyl (C=O) groups excluding carboxylic acids is 6. The van der Waals surface area contributed by atoms with E-state index >= 15 is 0 Å². The number of Topliss-reactive ketones (excluding diaryl/α,β-unsaturated/α-hetero) is 2. The zero-order valence-corrected chi connectivity index (χ0v) is 23.9. The summed E-state index contributed by atoms with van der Waals surface area (Å²) in [7, 11) is 0. The third kappa shape index (κ3) is 6.83. The summed E-state index contributed by atoms with van der Waals surface area (Å²) >= 11 is 0. The fourth-order valence-corrected chi connectivity index (χ4v) is 5.36. The molecule has 0 saturated carbocycles. The number of benzene rings is 2. The topological polar surface area (TPSA) is 190 Å². The number of ketones is 2. The van der Waals surface area contributed by atoms with Crippen molar-refractivity contribution in [3.63, 3.8) is 0 Å². The maximum Gasteiger partial charge on any atom is 0.494 e. The molecule has 2 aliphatic rings. The largest absolute Gasteiger partial charge is 0.494 e. The van der Waals surface area contributed by atoms with Crippen LogP contribution in [0.25, 0.3) is 0 Å². The number of rotatable bonds is 10. The quantitative estimate of drug-likeness (QED) is 0.338. The Hall–Kier alpha value is -4.78. The molecular formula is C30H34N6O7+. The second-order valence-electron chi connectivity index (χ2n) is 10.7. The Morgan fingerprint density at radius 1 is 1.00 bits per heavy atom. The van der Waals surface area contributed by atoms with Gasteiger partial charge in [-0.3, -0.25) is 28.8 Å². The first kappa shape index (κ1) is 31.2. The Balaban J connectivity index is 1.64. The highest BCUT2D eigenvalue weighted by Gasteiger charge is 2.41. The van der Waals surface area contributed by atoms with E-state index in [1.54, 1.807) is 30.3 Å². The molecule has 1 saturated heterocycles. The number of fused-ring (bicyclic) bond motifs is 1. The number of nitrogens with two attached hydrogens (primary N) is 1. The highest BCUT2D eigenvalue weighted by Crippen LogP contribution is 2.30. The Bertz CT molecular complexity index is 1440. The number of anilines is 1. The maximum absolute atomic E-state index is 14.1. The van der Waals surface area contributed by atoms with Gasteiger partial charge in [-0.25, -0.2) is 0 Å². The second kappa shape index (κ2) is 13.5. The summed E-state index contributed by atoms with van der Waals surface area (Å²) in [6.07, 6.45) is 0.497. The zero-order chi connectivity index (χ0) is 31.3. The Kier molecular flexibility index (Phi) is 9.76. The predicted octanol–water partition coefficient (Wildman–Crippen LogP) is 0.766. The molecular weight excluding hydrogens is 556 g/mol. The number of amides is 4. The van der Waals surface area contributed by atoms with Gasteiger partial charge in [0, 0.05) is 36.4 Å². The van der Waals surface area contributed by atoms with E-state index in [0.717, 1.165) is 5.56 Å². The summed E-state index contributed by atoms with van der Waals surface area (Å²) in [5.41, 5.74) is 6.07. The van der Waals surface area contributed by atoms with Gasteiger partial charge in [0.1, 0.15) is 22.7 Å². The summed E-state index contributed by atoms with van der Waals surface area (Å²) in [6, 6.07) is 9.38. The van der Waals surface area contributed by atoms with Crippen molar-refractivity contribution in [2.24, 2.45) is 5.73 Å². The van der Waals surface area contributed by atoms with Crippen molar-refractivity contribution in [2.45, 2.75) is 70.1 Å². The molecule has 2 aromatic rings. The molecule has 4 rings (SSSR count). The Labute approximate surface area is 248 Å².